The summed E-state index contributed by atoms with van der Waals surface area (Å²) in [6.07, 6.45) is 2.36. The minimum atomic E-state index is 0.391. The third-order valence-electron chi connectivity index (χ3n) is 4.22. The summed E-state index contributed by atoms with van der Waals surface area (Å²) in [5, 5.41) is 1.54. The SMILES string of the molecule is Cc1cc(Cl)cc(Sc2nc3c(N)ncnc3n2CCc2ccccc2)c1. The van der Waals surface area contributed by atoms with Crippen LogP contribution in [0.25, 0.3) is 11.2 Å². The molecule has 0 bridgehead atoms. The molecule has 0 aliphatic heterocycles. The normalized spacial score (nSPS) is 11.2. The van der Waals surface area contributed by atoms with Crippen molar-refractivity contribution in [3.05, 3.63) is 71.0 Å². The molecule has 0 saturated carbocycles. The molecule has 0 unspecified atom stereocenters. The van der Waals surface area contributed by atoms with E-state index in [1.54, 1.807) is 11.8 Å². The maximum absolute atomic E-state index is 6.22. The molecule has 0 fully saturated rings. The number of fused-ring (bicyclic) bond motifs is 1. The lowest BCUT2D eigenvalue weighted by Gasteiger charge is -2.09. The van der Waals surface area contributed by atoms with Crippen molar-refractivity contribution < 1.29 is 0 Å². The average Bonchev–Trinajstić information content (AvgIpc) is 2.98. The van der Waals surface area contributed by atoms with Gasteiger partial charge in [0.2, 0.25) is 0 Å². The molecule has 2 aromatic heterocycles. The maximum atomic E-state index is 6.22. The van der Waals surface area contributed by atoms with Crippen LogP contribution in [0.2, 0.25) is 5.02 Å². The minimum Gasteiger partial charge on any atom is -0.382 e. The van der Waals surface area contributed by atoms with Crippen molar-refractivity contribution in [3.63, 3.8) is 0 Å². The van der Waals surface area contributed by atoms with Gasteiger partial charge < -0.3 is 10.3 Å². The molecular formula is C20H18ClN5S. The number of nitrogen functional groups attached to an aromatic ring is 1. The van der Waals surface area contributed by atoms with E-state index in [0.717, 1.165) is 34.2 Å². The molecular weight excluding hydrogens is 378 g/mol. The summed E-state index contributed by atoms with van der Waals surface area (Å²) in [6.45, 7) is 2.77. The molecule has 5 nitrogen and oxygen atoms in total. The lowest BCUT2D eigenvalue weighted by atomic mass is 10.1. The number of hydrogen-bond donors (Lipinski definition) is 1. The second kappa shape index (κ2) is 7.58. The van der Waals surface area contributed by atoms with Gasteiger partial charge in [-0.25, -0.2) is 15.0 Å². The van der Waals surface area contributed by atoms with Crippen LogP contribution >= 0.6 is 23.4 Å². The van der Waals surface area contributed by atoms with Gasteiger partial charge in [0.25, 0.3) is 0 Å². The van der Waals surface area contributed by atoms with E-state index < -0.39 is 0 Å². The summed E-state index contributed by atoms with van der Waals surface area (Å²) in [6, 6.07) is 16.3. The van der Waals surface area contributed by atoms with Crippen LogP contribution in [0.1, 0.15) is 11.1 Å². The first-order chi connectivity index (χ1) is 13.1. The molecule has 2 N–H and O–H groups in total. The highest BCUT2D eigenvalue weighted by molar-refractivity contribution is 7.99. The third-order valence-corrected chi connectivity index (χ3v) is 5.40. The number of rotatable bonds is 5. The van der Waals surface area contributed by atoms with E-state index in [1.807, 2.05) is 37.3 Å². The highest BCUT2D eigenvalue weighted by Gasteiger charge is 2.16. The van der Waals surface area contributed by atoms with Crippen molar-refractivity contribution >= 4 is 40.3 Å². The fraction of sp³-hybridized carbons (Fsp3) is 0.150. The second-order valence-corrected chi connectivity index (χ2v) is 7.76. The summed E-state index contributed by atoms with van der Waals surface area (Å²) in [7, 11) is 0. The molecule has 7 heteroatoms. The smallest absolute Gasteiger partial charge is 0.175 e. The predicted molar refractivity (Wildman–Crippen MR) is 110 cm³/mol. The number of aromatic nitrogens is 4. The van der Waals surface area contributed by atoms with Gasteiger partial charge in [-0.2, -0.15) is 0 Å². The van der Waals surface area contributed by atoms with Gasteiger partial charge >= 0.3 is 0 Å². The number of anilines is 1. The first kappa shape index (κ1) is 17.8. The van der Waals surface area contributed by atoms with Crippen molar-refractivity contribution in [2.45, 2.75) is 29.9 Å². The van der Waals surface area contributed by atoms with Gasteiger partial charge in [-0.15, -0.1) is 0 Å². The Kier molecular flexibility index (Phi) is 5.01. The predicted octanol–water partition coefficient (Wildman–Crippen LogP) is 4.76. The number of nitrogens with zero attached hydrogens (tertiary/aromatic N) is 4. The Bertz CT molecular complexity index is 1070. The molecule has 0 saturated heterocycles. The molecule has 2 heterocycles. The molecule has 4 aromatic rings. The van der Waals surface area contributed by atoms with Gasteiger partial charge in [0.15, 0.2) is 22.1 Å². The fourth-order valence-corrected chi connectivity index (χ4v) is 4.39. The Morgan fingerprint density at radius 3 is 2.70 bits per heavy atom. The largest absolute Gasteiger partial charge is 0.382 e. The van der Waals surface area contributed by atoms with E-state index in [9.17, 15) is 0 Å². The Labute approximate surface area is 166 Å². The lowest BCUT2D eigenvalue weighted by Crippen LogP contribution is -2.04. The van der Waals surface area contributed by atoms with Crippen molar-refractivity contribution in [2.24, 2.45) is 0 Å². The molecule has 27 heavy (non-hydrogen) atoms. The van der Waals surface area contributed by atoms with E-state index in [1.165, 1.54) is 11.9 Å². The zero-order valence-electron chi connectivity index (χ0n) is 14.8. The second-order valence-electron chi connectivity index (χ2n) is 6.28. The van der Waals surface area contributed by atoms with Gasteiger partial charge in [0.05, 0.1) is 0 Å². The van der Waals surface area contributed by atoms with E-state index in [2.05, 4.69) is 32.7 Å². The van der Waals surface area contributed by atoms with Crippen molar-refractivity contribution in [2.75, 3.05) is 5.73 Å². The van der Waals surface area contributed by atoms with E-state index >= 15 is 0 Å². The number of imidazole rings is 1. The standard InChI is InChI=1S/C20H18ClN5S/c1-13-9-15(21)11-16(10-13)27-20-25-17-18(22)23-12-24-19(17)26(20)8-7-14-5-3-2-4-6-14/h2-6,9-12H,7-8H2,1H3,(H2,22,23,24). The van der Waals surface area contributed by atoms with Crippen molar-refractivity contribution in [1.29, 1.82) is 0 Å². The van der Waals surface area contributed by atoms with Crippen LogP contribution in [0.3, 0.4) is 0 Å². The molecule has 0 radical (unpaired) electrons. The summed E-state index contributed by atoms with van der Waals surface area (Å²) in [5.74, 6) is 0.391. The van der Waals surface area contributed by atoms with Gasteiger partial charge in [0, 0.05) is 16.5 Å². The van der Waals surface area contributed by atoms with Crippen LogP contribution < -0.4 is 5.73 Å². The van der Waals surface area contributed by atoms with E-state index in [4.69, 9.17) is 22.3 Å². The highest BCUT2D eigenvalue weighted by atomic mass is 35.5. The summed E-state index contributed by atoms with van der Waals surface area (Å²) in [5.41, 5.74) is 9.78. The highest BCUT2D eigenvalue weighted by Crippen LogP contribution is 2.33. The van der Waals surface area contributed by atoms with Crippen molar-refractivity contribution in [1.82, 2.24) is 19.5 Å². The molecule has 0 aliphatic rings. The van der Waals surface area contributed by atoms with Gasteiger partial charge in [-0.05, 0) is 42.7 Å². The Morgan fingerprint density at radius 1 is 1.11 bits per heavy atom. The topological polar surface area (TPSA) is 69.6 Å². The number of benzene rings is 2. The molecule has 4 rings (SSSR count). The fourth-order valence-electron chi connectivity index (χ4n) is 2.97. The van der Waals surface area contributed by atoms with Gasteiger partial charge in [-0.3, -0.25) is 0 Å². The summed E-state index contributed by atoms with van der Waals surface area (Å²) >= 11 is 7.77. The van der Waals surface area contributed by atoms with Crippen LogP contribution in [0.15, 0.2) is 64.9 Å². The number of nitrogens with two attached hydrogens (primary N) is 1. The minimum absolute atomic E-state index is 0.391. The van der Waals surface area contributed by atoms with Crippen LogP contribution in [0.5, 0.6) is 0 Å². The molecule has 0 aliphatic carbocycles. The zero-order valence-corrected chi connectivity index (χ0v) is 16.3. The average molecular weight is 396 g/mol. The number of halogens is 1. The van der Waals surface area contributed by atoms with Gasteiger partial charge in [-0.1, -0.05) is 53.7 Å². The molecule has 136 valence electrons. The van der Waals surface area contributed by atoms with Gasteiger partial charge in [0.1, 0.15) is 6.33 Å². The van der Waals surface area contributed by atoms with Crippen LogP contribution in [0.4, 0.5) is 5.82 Å². The Morgan fingerprint density at radius 2 is 1.93 bits per heavy atom. The molecule has 0 atom stereocenters. The van der Waals surface area contributed by atoms with Crippen LogP contribution in [0, 0.1) is 6.92 Å². The molecule has 2 aromatic carbocycles. The first-order valence-electron chi connectivity index (χ1n) is 8.56. The van der Waals surface area contributed by atoms with Crippen molar-refractivity contribution in [3.8, 4) is 0 Å². The van der Waals surface area contributed by atoms with E-state index in [0.29, 0.717) is 16.4 Å². The molecule has 0 amide bonds. The monoisotopic (exact) mass is 395 g/mol. The third kappa shape index (κ3) is 3.91. The Balaban J connectivity index is 1.73. The summed E-state index contributed by atoms with van der Waals surface area (Å²) < 4.78 is 2.10. The number of hydrogen-bond acceptors (Lipinski definition) is 5. The summed E-state index contributed by atoms with van der Waals surface area (Å²) in [4.78, 5) is 14.2. The quantitative estimate of drug-likeness (QED) is 0.527. The van der Waals surface area contributed by atoms with Crippen LogP contribution in [-0.4, -0.2) is 19.5 Å². The first-order valence-corrected chi connectivity index (χ1v) is 9.75. The number of aryl methyl sites for hydroxylation is 3. The Hall–Kier alpha value is -2.57. The van der Waals surface area contributed by atoms with E-state index in [-0.39, 0.29) is 0 Å². The molecule has 0 spiro atoms. The lowest BCUT2D eigenvalue weighted by molar-refractivity contribution is 0.647. The van der Waals surface area contributed by atoms with Crippen LogP contribution in [-0.2, 0) is 13.0 Å². The zero-order chi connectivity index (χ0) is 18.8. The maximum Gasteiger partial charge on any atom is 0.175 e.